The van der Waals surface area contributed by atoms with E-state index in [1.54, 1.807) is 12.1 Å². The largest absolute Gasteiger partial charge is 0.278 e. The Morgan fingerprint density at radius 2 is 1.88 bits per heavy atom. The van der Waals surface area contributed by atoms with Gasteiger partial charge in [-0.25, -0.2) is 18.4 Å². The molecule has 0 spiro atoms. The van der Waals surface area contributed by atoms with Gasteiger partial charge in [0.05, 0.1) is 16.9 Å². The average molecular weight is 387 g/mol. The Morgan fingerprint density at radius 3 is 2.65 bits per heavy atom. The fourth-order valence-electron chi connectivity index (χ4n) is 2.81. The molecule has 2 heterocycles. The highest BCUT2D eigenvalue weighted by Gasteiger charge is 2.30. The van der Waals surface area contributed by atoms with Crippen LogP contribution in [0.5, 0.6) is 0 Å². The molecule has 2 aliphatic carbocycles. The SMILES string of the molecule is O=S(=O)(Nc1ccccc1-c1n[nH]c(C2CC2)n1)c1cnc(C2CC2)s1. The number of H-pyrrole nitrogens is 1. The van der Waals surface area contributed by atoms with Gasteiger partial charge in [0.1, 0.15) is 5.82 Å². The minimum Gasteiger partial charge on any atom is -0.278 e. The summed E-state index contributed by atoms with van der Waals surface area (Å²) in [6, 6.07) is 7.18. The Labute approximate surface area is 155 Å². The van der Waals surface area contributed by atoms with E-state index in [0.29, 0.717) is 28.9 Å². The number of thiazole rings is 1. The van der Waals surface area contributed by atoms with Crippen LogP contribution in [0.4, 0.5) is 5.69 Å². The van der Waals surface area contributed by atoms with Gasteiger partial charge in [0.25, 0.3) is 10.0 Å². The van der Waals surface area contributed by atoms with Gasteiger partial charge in [0, 0.05) is 17.4 Å². The second-order valence-electron chi connectivity index (χ2n) is 6.76. The van der Waals surface area contributed by atoms with Crippen molar-refractivity contribution in [2.45, 2.75) is 41.7 Å². The van der Waals surface area contributed by atoms with E-state index in [4.69, 9.17) is 0 Å². The Balaban J connectivity index is 1.45. The van der Waals surface area contributed by atoms with Crippen molar-refractivity contribution in [2.75, 3.05) is 4.72 Å². The monoisotopic (exact) mass is 387 g/mol. The smallest absolute Gasteiger partial charge is 0.273 e. The number of nitrogens with one attached hydrogen (secondary N) is 2. The first-order chi connectivity index (χ1) is 12.6. The summed E-state index contributed by atoms with van der Waals surface area (Å²) in [5, 5.41) is 8.13. The zero-order chi connectivity index (χ0) is 17.7. The Morgan fingerprint density at radius 1 is 1.12 bits per heavy atom. The van der Waals surface area contributed by atoms with Gasteiger partial charge < -0.3 is 0 Å². The topological polar surface area (TPSA) is 101 Å². The maximum absolute atomic E-state index is 12.8. The van der Waals surface area contributed by atoms with E-state index in [0.717, 1.165) is 36.5 Å². The number of para-hydroxylation sites is 1. The first kappa shape index (κ1) is 16.0. The van der Waals surface area contributed by atoms with Crippen molar-refractivity contribution in [3.63, 3.8) is 0 Å². The lowest BCUT2D eigenvalue weighted by atomic mass is 10.2. The number of nitrogens with zero attached hydrogens (tertiary/aromatic N) is 3. The summed E-state index contributed by atoms with van der Waals surface area (Å²) >= 11 is 1.25. The van der Waals surface area contributed by atoms with Crippen LogP contribution in [0.15, 0.2) is 34.7 Å². The number of aromatic nitrogens is 4. The highest BCUT2D eigenvalue weighted by atomic mass is 32.2. The molecule has 2 saturated carbocycles. The first-order valence-electron chi connectivity index (χ1n) is 8.60. The van der Waals surface area contributed by atoms with Crippen LogP contribution in [-0.2, 0) is 10.0 Å². The predicted octanol–water partition coefficient (Wildman–Crippen LogP) is 3.48. The van der Waals surface area contributed by atoms with Gasteiger partial charge in [0.2, 0.25) is 0 Å². The molecule has 0 radical (unpaired) electrons. The number of hydrogen-bond donors (Lipinski definition) is 2. The summed E-state index contributed by atoms with van der Waals surface area (Å²) < 4.78 is 28.5. The van der Waals surface area contributed by atoms with Crippen molar-refractivity contribution < 1.29 is 8.42 Å². The molecule has 2 aliphatic rings. The van der Waals surface area contributed by atoms with Gasteiger partial charge >= 0.3 is 0 Å². The molecule has 0 atom stereocenters. The van der Waals surface area contributed by atoms with Crippen molar-refractivity contribution in [3.05, 3.63) is 41.3 Å². The quantitative estimate of drug-likeness (QED) is 0.674. The molecule has 2 fully saturated rings. The standard InChI is InChI=1S/C17H17N5O2S2/c23-26(24,14-9-18-17(25-14)11-7-8-11)22-13-4-2-1-3-12(13)16-19-15(20-21-16)10-5-6-10/h1-4,9-11,22H,5-8H2,(H,19,20,21). The van der Waals surface area contributed by atoms with Crippen LogP contribution < -0.4 is 4.72 Å². The van der Waals surface area contributed by atoms with Crippen LogP contribution in [0.2, 0.25) is 0 Å². The molecule has 0 unspecified atom stereocenters. The molecule has 0 bridgehead atoms. The van der Waals surface area contributed by atoms with Crippen LogP contribution in [0.25, 0.3) is 11.4 Å². The van der Waals surface area contributed by atoms with Crippen molar-refractivity contribution >= 4 is 27.0 Å². The highest BCUT2D eigenvalue weighted by Crippen LogP contribution is 2.43. The molecule has 0 amide bonds. The number of hydrogen-bond acceptors (Lipinski definition) is 6. The van der Waals surface area contributed by atoms with E-state index >= 15 is 0 Å². The maximum Gasteiger partial charge on any atom is 0.273 e. The van der Waals surface area contributed by atoms with E-state index in [2.05, 4.69) is 24.9 Å². The lowest BCUT2D eigenvalue weighted by Crippen LogP contribution is -2.12. The van der Waals surface area contributed by atoms with Gasteiger partial charge in [-0.2, -0.15) is 5.10 Å². The molecule has 2 aromatic heterocycles. The second-order valence-corrected chi connectivity index (χ2v) is 9.73. The molecule has 3 aromatic rings. The normalized spacial score (nSPS) is 17.4. The second kappa shape index (κ2) is 5.88. The van der Waals surface area contributed by atoms with Crippen LogP contribution in [-0.4, -0.2) is 28.6 Å². The van der Waals surface area contributed by atoms with Crippen molar-refractivity contribution in [2.24, 2.45) is 0 Å². The van der Waals surface area contributed by atoms with Crippen LogP contribution >= 0.6 is 11.3 Å². The van der Waals surface area contributed by atoms with Crippen molar-refractivity contribution in [3.8, 4) is 11.4 Å². The van der Waals surface area contributed by atoms with E-state index in [1.165, 1.54) is 17.5 Å². The molecule has 5 rings (SSSR count). The zero-order valence-corrected chi connectivity index (χ0v) is 15.5. The Kier molecular flexibility index (Phi) is 3.61. The fourth-order valence-corrected chi connectivity index (χ4v) is 5.21. The van der Waals surface area contributed by atoms with Crippen LogP contribution in [0.3, 0.4) is 0 Å². The fraction of sp³-hybridized carbons (Fsp3) is 0.353. The summed E-state index contributed by atoms with van der Waals surface area (Å²) in [5.41, 5.74) is 1.13. The van der Waals surface area contributed by atoms with Gasteiger partial charge in [0.15, 0.2) is 10.0 Å². The summed E-state index contributed by atoms with van der Waals surface area (Å²) in [6.07, 6.45) is 5.88. The third-order valence-electron chi connectivity index (χ3n) is 4.57. The summed E-state index contributed by atoms with van der Waals surface area (Å²) in [6.45, 7) is 0. The molecule has 134 valence electrons. The minimum atomic E-state index is -3.69. The molecular weight excluding hydrogens is 370 g/mol. The van der Waals surface area contributed by atoms with E-state index in [-0.39, 0.29) is 4.21 Å². The van der Waals surface area contributed by atoms with E-state index in [1.807, 2.05) is 12.1 Å². The molecule has 0 aliphatic heterocycles. The highest BCUT2D eigenvalue weighted by molar-refractivity contribution is 7.94. The third kappa shape index (κ3) is 3.01. The number of rotatable bonds is 6. The Hall–Kier alpha value is -2.26. The average Bonchev–Trinajstić information content (AvgIpc) is 3.56. The van der Waals surface area contributed by atoms with E-state index < -0.39 is 10.0 Å². The van der Waals surface area contributed by atoms with Crippen LogP contribution in [0.1, 0.15) is 48.4 Å². The van der Waals surface area contributed by atoms with Gasteiger partial charge in [-0.15, -0.1) is 11.3 Å². The van der Waals surface area contributed by atoms with Crippen LogP contribution in [0, 0.1) is 0 Å². The van der Waals surface area contributed by atoms with Gasteiger partial charge in [-0.05, 0) is 37.8 Å². The zero-order valence-electron chi connectivity index (χ0n) is 13.8. The lowest BCUT2D eigenvalue weighted by molar-refractivity contribution is 0.603. The molecule has 26 heavy (non-hydrogen) atoms. The molecule has 1 aromatic carbocycles. The third-order valence-corrected chi connectivity index (χ3v) is 7.56. The van der Waals surface area contributed by atoms with Crippen molar-refractivity contribution in [1.82, 2.24) is 20.2 Å². The Bertz CT molecular complexity index is 1060. The van der Waals surface area contributed by atoms with E-state index in [9.17, 15) is 8.42 Å². The molecule has 7 nitrogen and oxygen atoms in total. The number of aromatic amines is 1. The molecule has 0 saturated heterocycles. The molecule has 2 N–H and O–H groups in total. The number of sulfonamides is 1. The molecule has 9 heteroatoms. The maximum atomic E-state index is 12.8. The van der Waals surface area contributed by atoms with Crippen molar-refractivity contribution in [1.29, 1.82) is 0 Å². The number of anilines is 1. The first-order valence-corrected chi connectivity index (χ1v) is 10.9. The lowest BCUT2D eigenvalue weighted by Gasteiger charge is -2.09. The summed E-state index contributed by atoms with van der Waals surface area (Å²) in [4.78, 5) is 8.80. The minimum absolute atomic E-state index is 0.239. The number of benzene rings is 1. The summed E-state index contributed by atoms with van der Waals surface area (Å²) in [5.74, 6) is 2.27. The predicted molar refractivity (Wildman–Crippen MR) is 98.7 cm³/mol. The molecular formula is C17H17N5O2S2. The van der Waals surface area contributed by atoms with Gasteiger partial charge in [-0.1, -0.05) is 12.1 Å². The summed E-state index contributed by atoms with van der Waals surface area (Å²) in [7, 11) is -3.69. The van der Waals surface area contributed by atoms with Gasteiger partial charge in [-0.3, -0.25) is 9.82 Å².